The van der Waals surface area contributed by atoms with Crippen LogP contribution in [0, 0.1) is 11.8 Å². The normalized spacial score (nSPS) is 22.0. The third-order valence-corrected chi connectivity index (χ3v) is 3.74. The molecule has 4 nitrogen and oxygen atoms in total. The first-order valence-electron chi connectivity index (χ1n) is 7.06. The molecule has 1 aromatic heterocycles. The van der Waals surface area contributed by atoms with Gasteiger partial charge >= 0.3 is 0 Å². The first-order valence-corrected chi connectivity index (χ1v) is 7.06. The fourth-order valence-electron chi connectivity index (χ4n) is 2.25. The predicted molar refractivity (Wildman–Crippen MR) is 78.6 cm³/mol. The van der Waals surface area contributed by atoms with Crippen LogP contribution < -0.4 is 5.32 Å². The Bertz CT molecular complexity index is 667. The Morgan fingerprint density at radius 1 is 1.40 bits per heavy atom. The molecule has 0 radical (unpaired) electrons. The van der Waals surface area contributed by atoms with Crippen molar-refractivity contribution in [3.63, 3.8) is 0 Å². The maximum Gasteiger partial charge on any atom is 0.227 e. The van der Waals surface area contributed by atoms with Crippen molar-refractivity contribution >= 4 is 22.7 Å². The molecule has 1 aromatic carbocycles. The number of amides is 1. The van der Waals surface area contributed by atoms with Gasteiger partial charge in [0.05, 0.1) is 0 Å². The van der Waals surface area contributed by atoms with E-state index in [1.165, 1.54) is 0 Å². The predicted octanol–water partition coefficient (Wildman–Crippen LogP) is 3.72. The van der Waals surface area contributed by atoms with Crippen molar-refractivity contribution in [2.45, 2.75) is 39.5 Å². The number of hydrogen-bond acceptors (Lipinski definition) is 3. The number of oxazole rings is 1. The summed E-state index contributed by atoms with van der Waals surface area (Å²) in [6.45, 7) is 8.29. The molecular formula is C16H20N2O2. The molecule has 0 aliphatic heterocycles. The Balaban J connectivity index is 1.85. The van der Waals surface area contributed by atoms with Gasteiger partial charge in [-0.05, 0) is 30.5 Å². The molecule has 0 spiro atoms. The lowest BCUT2D eigenvalue weighted by molar-refractivity contribution is -0.117. The summed E-state index contributed by atoms with van der Waals surface area (Å²) in [6, 6.07) is 5.60. The van der Waals surface area contributed by atoms with Gasteiger partial charge in [-0.25, -0.2) is 4.98 Å². The first kappa shape index (κ1) is 13.2. The van der Waals surface area contributed by atoms with E-state index in [1.54, 1.807) is 0 Å². The van der Waals surface area contributed by atoms with Gasteiger partial charge in [0.25, 0.3) is 0 Å². The average Bonchev–Trinajstić information content (AvgIpc) is 2.92. The van der Waals surface area contributed by atoms with Crippen molar-refractivity contribution in [3.8, 4) is 0 Å². The summed E-state index contributed by atoms with van der Waals surface area (Å²) in [5.41, 5.74) is 2.21. The van der Waals surface area contributed by atoms with Crippen molar-refractivity contribution in [3.05, 3.63) is 24.1 Å². The Kier molecular flexibility index (Phi) is 2.85. The van der Waals surface area contributed by atoms with E-state index in [-0.39, 0.29) is 17.2 Å². The molecule has 0 saturated heterocycles. The molecule has 1 fully saturated rings. The third-order valence-electron chi connectivity index (χ3n) is 3.74. The summed E-state index contributed by atoms with van der Waals surface area (Å²) >= 11 is 0. The van der Waals surface area contributed by atoms with Crippen molar-refractivity contribution in [2.75, 3.05) is 5.32 Å². The van der Waals surface area contributed by atoms with Crippen LogP contribution in [0.15, 0.2) is 22.6 Å². The van der Waals surface area contributed by atoms with Crippen molar-refractivity contribution in [1.29, 1.82) is 0 Å². The lowest BCUT2D eigenvalue weighted by Gasteiger charge is -2.11. The molecule has 106 valence electrons. The van der Waals surface area contributed by atoms with Gasteiger partial charge in [-0.15, -0.1) is 0 Å². The molecule has 1 heterocycles. The number of benzene rings is 1. The molecule has 2 aromatic rings. The van der Waals surface area contributed by atoms with Gasteiger partial charge in [-0.3, -0.25) is 4.79 Å². The second-order valence-electron chi connectivity index (χ2n) is 6.76. The lowest BCUT2D eigenvalue weighted by Crippen LogP contribution is -2.14. The van der Waals surface area contributed by atoms with Crippen LogP contribution in [0.4, 0.5) is 5.69 Å². The summed E-state index contributed by atoms with van der Waals surface area (Å²) in [5.74, 6) is 1.51. The molecule has 1 amide bonds. The van der Waals surface area contributed by atoms with Crippen LogP contribution in [0.2, 0.25) is 0 Å². The second-order valence-corrected chi connectivity index (χ2v) is 6.76. The number of rotatable bonds is 2. The minimum absolute atomic E-state index is 0.108. The van der Waals surface area contributed by atoms with E-state index in [2.05, 4.69) is 38.0 Å². The van der Waals surface area contributed by atoms with Gasteiger partial charge in [0.15, 0.2) is 5.58 Å². The monoisotopic (exact) mass is 272 g/mol. The van der Waals surface area contributed by atoms with E-state index in [0.717, 1.165) is 23.2 Å². The van der Waals surface area contributed by atoms with Gasteiger partial charge in [0.2, 0.25) is 11.8 Å². The van der Waals surface area contributed by atoms with E-state index < -0.39 is 0 Å². The van der Waals surface area contributed by atoms with Crippen molar-refractivity contribution in [1.82, 2.24) is 4.98 Å². The average molecular weight is 272 g/mol. The number of aromatic nitrogens is 1. The smallest absolute Gasteiger partial charge is 0.227 e. The van der Waals surface area contributed by atoms with Crippen LogP contribution in [0.3, 0.4) is 0 Å². The highest BCUT2D eigenvalue weighted by atomic mass is 16.3. The van der Waals surface area contributed by atoms with E-state index in [4.69, 9.17) is 4.42 Å². The number of carbonyl (C=O) groups excluding carboxylic acids is 1. The minimum Gasteiger partial charge on any atom is -0.440 e. The molecule has 0 bridgehead atoms. The number of carbonyl (C=O) groups is 1. The topological polar surface area (TPSA) is 55.1 Å². The van der Waals surface area contributed by atoms with Crippen LogP contribution in [-0.2, 0) is 10.2 Å². The van der Waals surface area contributed by atoms with Gasteiger partial charge < -0.3 is 9.73 Å². The highest BCUT2D eigenvalue weighted by molar-refractivity contribution is 5.95. The van der Waals surface area contributed by atoms with Crippen molar-refractivity contribution in [2.24, 2.45) is 11.8 Å². The minimum atomic E-state index is -0.119. The number of nitrogens with one attached hydrogen (secondary N) is 1. The largest absolute Gasteiger partial charge is 0.440 e. The Morgan fingerprint density at radius 3 is 2.70 bits per heavy atom. The van der Waals surface area contributed by atoms with Crippen molar-refractivity contribution < 1.29 is 9.21 Å². The van der Waals surface area contributed by atoms with E-state index in [9.17, 15) is 4.79 Å². The summed E-state index contributed by atoms with van der Waals surface area (Å²) in [6.07, 6.45) is 0.992. The Morgan fingerprint density at radius 2 is 2.10 bits per heavy atom. The van der Waals surface area contributed by atoms with Gasteiger partial charge in [0.1, 0.15) is 5.52 Å². The van der Waals surface area contributed by atoms with E-state index in [1.807, 2.05) is 18.2 Å². The van der Waals surface area contributed by atoms with Crippen LogP contribution in [0.1, 0.15) is 40.0 Å². The van der Waals surface area contributed by atoms with E-state index in [0.29, 0.717) is 11.8 Å². The second kappa shape index (κ2) is 4.33. The maximum atomic E-state index is 11.9. The summed E-state index contributed by atoms with van der Waals surface area (Å²) in [7, 11) is 0. The molecule has 1 saturated carbocycles. The first-order chi connectivity index (χ1) is 9.34. The molecule has 20 heavy (non-hydrogen) atoms. The molecular weight excluding hydrogens is 252 g/mol. The zero-order valence-corrected chi connectivity index (χ0v) is 12.4. The zero-order valence-electron chi connectivity index (χ0n) is 12.4. The molecule has 1 N–H and O–H groups in total. The standard InChI is InChI=1S/C16H20N2O2/c1-9-7-11(9)14(19)17-10-5-6-13-12(8-10)18-15(20-13)16(2,3)4/h5-6,8-9,11H,7H2,1-4H3,(H,17,19)/t9-,11+/m1/s1. The number of anilines is 1. The number of hydrogen-bond donors (Lipinski definition) is 1. The highest BCUT2D eigenvalue weighted by Crippen LogP contribution is 2.38. The number of fused-ring (bicyclic) bond motifs is 1. The molecule has 4 heteroatoms. The molecule has 1 aliphatic rings. The van der Waals surface area contributed by atoms with Crippen LogP contribution >= 0.6 is 0 Å². The fourth-order valence-corrected chi connectivity index (χ4v) is 2.25. The quantitative estimate of drug-likeness (QED) is 0.906. The van der Waals surface area contributed by atoms with Crippen LogP contribution in [0.5, 0.6) is 0 Å². The van der Waals surface area contributed by atoms with Gasteiger partial charge in [0, 0.05) is 17.0 Å². The lowest BCUT2D eigenvalue weighted by atomic mass is 9.97. The highest BCUT2D eigenvalue weighted by Gasteiger charge is 2.39. The Labute approximate surface area is 118 Å². The van der Waals surface area contributed by atoms with E-state index >= 15 is 0 Å². The third kappa shape index (κ3) is 2.42. The fraction of sp³-hybridized carbons (Fsp3) is 0.500. The molecule has 1 aliphatic carbocycles. The van der Waals surface area contributed by atoms with Gasteiger partial charge in [-0.2, -0.15) is 0 Å². The SMILES string of the molecule is C[C@@H]1C[C@@H]1C(=O)Nc1ccc2oc(C(C)(C)C)nc2c1. The van der Waals surface area contributed by atoms with Crippen LogP contribution in [0.25, 0.3) is 11.1 Å². The number of nitrogens with zero attached hydrogens (tertiary/aromatic N) is 1. The molecule has 3 rings (SSSR count). The Hall–Kier alpha value is -1.84. The molecule has 0 unspecified atom stereocenters. The molecule has 2 atom stereocenters. The maximum absolute atomic E-state index is 11.9. The summed E-state index contributed by atoms with van der Waals surface area (Å²) in [5, 5.41) is 2.95. The van der Waals surface area contributed by atoms with Crippen LogP contribution in [-0.4, -0.2) is 10.9 Å². The summed E-state index contributed by atoms with van der Waals surface area (Å²) < 4.78 is 5.75. The zero-order chi connectivity index (χ0) is 14.5. The summed E-state index contributed by atoms with van der Waals surface area (Å²) in [4.78, 5) is 16.4. The van der Waals surface area contributed by atoms with Gasteiger partial charge in [-0.1, -0.05) is 27.7 Å².